The molecule has 0 fully saturated rings. The highest BCUT2D eigenvalue weighted by atomic mass is 19.4. The van der Waals surface area contributed by atoms with Crippen LogP contribution < -0.4 is 4.74 Å². The average Bonchev–Trinajstić information content (AvgIpc) is 2.95. The van der Waals surface area contributed by atoms with Crippen LogP contribution in [0.3, 0.4) is 0 Å². The zero-order valence-corrected chi connectivity index (χ0v) is 12.5. The van der Waals surface area contributed by atoms with Crippen LogP contribution in [0.15, 0.2) is 48.8 Å². The number of imidazole rings is 1. The number of rotatable bonds is 4. The Bertz CT molecular complexity index is 807. The van der Waals surface area contributed by atoms with E-state index < -0.39 is 11.7 Å². The van der Waals surface area contributed by atoms with Gasteiger partial charge in [-0.1, -0.05) is 6.92 Å². The third-order valence-electron chi connectivity index (χ3n) is 3.40. The van der Waals surface area contributed by atoms with E-state index in [0.29, 0.717) is 17.9 Å². The number of alkyl halides is 3. The molecule has 0 radical (unpaired) electrons. The van der Waals surface area contributed by atoms with Crippen molar-refractivity contribution in [1.82, 2.24) is 9.38 Å². The lowest BCUT2D eigenvalue weighted by Gasteiger charge is -2.05. The molecule has 0 saturated heterocycles. The SMILES string of the molecule is CCCOc1ccc(-c2cn3cc(C(F)(F)F)ccc3n2)cc1. The van der Waals surface area contributed by atoms with Crippen molar-refractivity contribution < 1.29 is 17.9 Å². The monoisotopic (exact) mass is 320 g/mol. The van der Waals surface area contributed by atoms with Crippen LogP contribution in [0.1, 0.15) is 18.9 Å². The summed E-state index contributed by atoms with van der Waals surface area (Å²) in [5, 5.41) is 0. The maximum Gasteiger partial charge on any atom is 0.417 e. The van der Waals surface area contributed by atoms with E-state index >= 15 is 0 Å². The van der Waals surface area contributed by atoms with Crippen LogP contribution in [0, 0.1) is 0 Å². The molecule has 0 unspecified atom stereocenters. The van der Waals surface area contributed by atoms with Gasteiger partial charge in [0, 0.05) is 18.0 Å². The number of hydrogen-bond donors (Lipinski definition) is 0. The standard InChI is InChI=1S/C17H15F3N2O/c1-2-9-23-14-6-3-12(4-7-14)15-11-22-10-13(17(18,19)20)5-8-16(22)21-15/h3-8,10-11H,2,9H2,1H3. The Labute approximate surface area is 131 Å². The highest BCUT2D eigenvalue weighted by Gasteiger charge is 2.30. The first-order valence-electron chi connectivity index (χ1n) is 7.26. The topological polar surface area (TPSA) is 26.5 Å². The van der Waals surface area contributed by atoms with Crippen molar-refractivity contribution in [3.05, 3.63) is 54.4 Å². The first kappa shape index (κ1) is 15.4. The molecule has 0 bridgehead atoms. The quantitative estimate of drug-likeness (QED) is 0.690. The van der Waals surface area contributed by atoms with Gasteiger partial charge in [-0.05, 0) is 42.8 Å². The Morgan fingerprint density at radius 3 is 2.43 bits per heavy atom. The Hall–Kier alpha value is -2.50. The molecule has 3 nitrogen and oxygen atoms in total. The lowest BCUT2D eigenvalue weighted by molar-refractivity contribution is -0.137. The summed E-state index contributed by atoms with van der Waals surface area (Å²) < 4.78 is 45.1. The van der Waals surface area contributed by atoms with Gasteiger partial charge in [0.25, 0.3) is 0 Å². The van der Waals surface area contributed by atoms with Gasteiger partial charge in [-0.2, -0.15) is 13.2 Å². The molecule has 0 amide bonds. The molecular weight excluding hydrogens is 305 g/mol. The summed E-state index contributed by atoms with van der Waals surface area (Å²) in [6.07, 6.45) is -0.802. The Kier molecular flexibility index (Phi) is 3.98. The van der Waals surface area contributed by atoms with E-state index in [1.54, 1.807) is 6.20 Å². The number of halogens is 3. The maximum atomic E-state index is 12.7. The number of nitrogens with zero attached hydrogens (tertiary/aromatic N) is 2. The van der Waals surface area contributed by atoms with E-state index in [2.05, 4.69) is 4.98 Å². The second kappa shape index (κ2) is 5.95. The van der Waals surface area contributed by atoms with Gasteiger partial charge in [-0.25, -0.2) is 4.98 Å². The normalized spacial score (nSPS) is 11.8. The largest absolute Gasteiger partial charge is 0.494 e. The third kappa shape index (κ3) is 3.31. The minimum atomic E-state index is -4.36. The van der Waals surface area contributed by atoms with Crippen molar-refractivity contribution in [3.8, 4) is 17.0 Å². The second-order valence-corrected chi connectivity index (χ2v) is 5.18. The smallest absolute Gasteiger partial charge is 0.417 e. The Morgan fingerprint density at radius 2 is 1.78 bits per heavy atom. The van der Waals surface area contributed by atoms with Gasteiger partial charge in [0.1, 0.15) is 11.4 Å². The summed E-state index contributed by atoms with van der Waals surface area (Å²) >= 11 is 0. The van der Waals surface area contributed by atoms with Crippen LogP contribution in [-0.2, 0) is 6.18 Å². The molecule has 3 aromatic rings. The average molecular weight is 320 g/mol. The van der Waals surface area contributed by atoms with Gasteiger partial charge < -0.3 is 9.14 Å². The first-order valence-corrected chi connectivity index (χ1v) is 7.26. The van der Waals surface area contributed by atoms with Crippen molar-refractivity contribution in [1.29, 1.82) is 0 Å². The van der Waals surface area contributed by atoms with Gasteiger partial charge in [-0.3, -0.25) is 0 Å². The molecule has 2 aromatic heterocycles. The highest BCUT2D eigenvalue weighted by Crippen LogP contribution is 2.30. The van der Waals surface area contributed by atoms with Crippen LogP contribution in [0.4, 0.5) is 13.2 Å². The van der Waals surface area contributed by atoms with Gasteiger partial charge in [0.15, 0.2) is 0 Å². The van der Waals surface area contributed by atoms with Crippen LogP contribution >= 0.6 is 0 Å². The molecule has 6 heteroatoms. The van der Waals surface area contributed by atoms with E-state index in [-0.39, 0.29) is 0 Å². The molecule has 0 aliphatic rings. The second-order valence-electron chi connectivity index (χ2n) is 5.18. The van der Waals surface area contributed by atoms with Crippen molar-refractivity contribution in [3.63, 3.8) is 0 Å². The molecule has 120 valence electrons. The number of benzene rings is 1. The summed E-state index contributed by atoms with van der Waals surface area (Å²) in [6.45, 7) is 2.67. The first-order chi connectivity index (χ1) is 11.0. The van der Waals surface area contributed by atoms with Gasteiger partial charge in [-0.15, -0.1) is 0 Å². The van der Waals surface area contributed by atoms with E-state index in [1.807, 2.05) is 31.2 Å². The molecule has 0 saturated carbocycles. The predicted octanol–water partition coefficient (Wildman–Crippen LogP) is 4.81. The molecule has 0 spiro atoms. The third-order valence-corrected chi connectivity index (χ3v) is 3.40. The Balaban J connectivity index is 1.91. The van der Waals surface area contributed by atoms with Crippen molar-refractivity contribution >= 4 is 5.65 Å². The minimum absolute atomic E-state index is 0.472. The number of hydrogen-bond acceptors (Lipinski definition) is 2. The van der Waals surface area contributed by atoms with Crippen LogP contribution in [0.25, 0.3) is 16.9 Å². The van der Waals surface area contributed by atoms with E-state index in [9.17, 15) is 13.2 Å². The molecule has 1 aromatic carbocycles. The zero-order chi connectivity index (χ0) is 16.4. The van der Waals surface area contributed by atoms with Crippen molar-refractivity contribution in [2.45, 2.75) is 19.5 Å². The van der Waals surface area contributed by atoms with Crippen molar-refractivity contribution in [2.24, 2.45) is 0 Å². The van der Waals surface area contributed by atoms with E-state index in [0.717, 1.165) is 30.0 Å². The molecular formula is C17H15F3N2O. The number of fused-ring (bicyclic) bond motifs is 1. The lowest BCUT2D eigenvalue weighted by atomic mass is 10.2. The fourth-order valence-corrected chi connectivity index (χ4v) is 2.24. The summed E-state index contributed by atoms with van der Waals surface area (Å²) in [5.41, 5.74) is 1.22. The number of ether oxygens (including phenoxy) is 1. The highest BCUT2D eigenvalue weighted by molar-refractivity contribution is 5.63. The fraction of sp³-hybridized carbons (Fsp3) is 0.235. The summed E-state index contributed by atoms with van der Waals surface area (Å²) in [4.78, 5) is 4.35. The van der Waals surface area contributed by atoms with Crippen LogP contribution in [0.2, 0.25) is 0 Å². The number of pyridine rings is 1. The predicted molar refractivity (Wildman–Crippen MR) is 81.4 cm³/mol. The lowest BCUT2D eigenvalue weighted by Crippen LogP contribution is -2.05. The van der Waals surface area contributed by atoms with E-state index in [4.69, 9.17) is 4.74 Å². The zero-order valence-electron chi connectivity index (χ0n) is 12.5. The summed E-state index contributed by atoms with van der Waals surface area (Å²) in [7, 11) is 0. The van der Waals surface area contributed by atoms with Crippen LogP contribution in [-0.4, -0.2) is 16.0 Å². The maximum absolute atomic E-state index is 12.7. The molecule has 3 rings (SSSR count). The summed E-state index contributed by atoms with van der Waals surface area (Å²) in [6, 6.07) is 9.75. The Morgan fingerprint density at radius 1 is 1.04 bits per heavy atom. The minimum Gasteiger partial charge on any atom is -0.494 e. The van der Waals surface area contributed by atoms with Gasteiger partial charge >= 0.3 is 6.18 Å². The number of aromatic nitrogens is 2. The summed E-state index contributed by atoms with van der Waals surface area (Å²) in [5.74, 6) is 0.763. The van der Waals surface area contributed by atoms with Gasteiger partial charge in [0.2, 0.25) is 0 Å². The molecule has 0 N–H and O–H groups in total. The fourth-order valence-electron chi connectivity index (χ4n) is 2.24. The van der Waals surface area contributed by atoms with Gasteiger partial charge in [0.05, 0.1) is 17.9 Å². The molecule has 0 aliphatic heterocycles. The van der Waals surface area contributed by atoms with E-state index in [1.165, 1.54) is 10.5 Å². The van der Waals surface area contributed by atoms with Crippen molar-refractivity contribution in [2.75, 3.05) is 6.61 Å². The molecule has 0 atom stereocenters. The molecule has 23 heavy (non-hydrogen) atoms. The molecule has 2 heterocycles. The molecule has 0 aliphatic carbocycles. The van der Waals surface area contributed by atoms with Crippen LogP contribution in [0.5, 0.6) is 5.75 Å².